The van der Waals surface area contributed by atoms with E-state index in [2.05, 4.69) is 11.9 Å². The maximum absolute atomic E-state index is 13.6. The van der Waals surface area contributed by atoms with Crippen LogP contribution in [0.1, 0.15) is 36.5 Å². The van der Waals surface area contributed by atoms with Gasteiger partial charge in [-0.1, -0.05) is 37.3 Å². The van der Waals surface area contributed by atoms with Gasteiger partial charge >= 0.3 is 0 Å². The van der Waals surface area contributed by atoms with E-state index in [0.29, 0.717) is 13.1 Å². The van der Waals surface area contributed by atoms with Gasteiger partial charge in [0.2, 0.25) is 20.0 Å². The first kappa shape index (κ1) is 24.5. The standard InChI is InChI=1S/C25H29N3O4S2/c1-2-21-7-9-22(10-8-21)19-28(20-23-6-5-15-26-18-23)34(31,32)25-13-11-24(12-14-25)33(29,30)27-16-3-4-17-27/h5-15,18H,2-4,16-17,19-20H2,1H3. The molecular weight excluding hydrogens is 470 g/mol. The van der Waals surface area contributed by atoms with Crippen LogP contribution < -0.4 is 0 Å². The molecule has 7 nitrogen and oxygen atoms in total. The molecule has 2 heterocycles. The monoisotopic (exact) mass is 499 g/mol. The predicted octanol–water partition coefficient (Wildman–Crippen LogP) is 3.82. The van der Waals surface area contributed by atoms with Gasteiger partial charge in [-0.25, -0.2) is 16.8 Å². The van der Waals surface area contributed by atoms with Crippen LogP contribution in [0.25, 0.3) is 0 Å². The van der Waals surface area contributed by atoms with Gasteiger partial charge in [-0.3, -0.25) is 4.98 Å². The summed E-state index contributed by atoms with van der Waals surface area (Å²) in [5.41, 5.74) is 2.82. The lowest BCUT2D eigenvalue weighted by Crippen LogP contribution is -2.30. The second kappa shape index (κ2) is 10.4. The Bertz CT molecular complexity index is 1300. The molecule has 2 aromatic carbocycles. The highest BCUT2D eigenvalue weighted by atomic mass is 32.2. The largest absolute Gasteiger partial charge is 0.264 e. The van der Waals surface area contributed by atoms with E-state index in [1.54, 1.807) is 18.5 Å². The molecule has 0 spiro atoms. The lowest BCUT2D eigenvalue weighted by Gasteiger charge is -2.23. The number of hydrogen-bond acceptors (Lipinski definition) is 5. The van der Waals surface area contributed by atoms with E-state index in [9.17, 15) is 16.8 Å². The topological polar surface area (TPSA) is 87.6 Å². The van der Waals surface area contributed by atoms with Crippen molar-refractivity contribution in [3.05, 3.63) is 89.7 Å². The summed E-state index contributed by atoms with van der Waals surface area (Å²) in [4.78, 5) is 4.28. The number of hydrogen-bond donors (Lipinski definition) is 0. The third-order valence-electron chi connectivity index (χ3n) is 6.04. The molecule has 1 aliphatic heterocycles. The quantitative estimate of drug-likeness (QED) is 0.447. The zero-order valence-corrected chi connectivity index (χ0v) is 20.8. The van der Waals surface area contributed by atoms with Gasteiger partial charge in [0.1, 0.15) is 0 Å². The van der Waals surface area contributed by atoms with E-state index in [4.69, 9.17) is 0 Å². The van der Waals surface area contributed by atoms with Crippen molar-refractivity contribution in [3.63, 3.8) is 0 Å². The summed E-state index contributed by atoms with van der Waals surface area (Å²) >= 11 is 0. The second-order valence-corrected chi connectivity index (χ2v) is 12.3. The lowest BCUT2D eigenvalue weighted by atomic mass is 10.1. The van der Waals surface area contributed by atoms with Crippen molar-refractivity contribution >= 4 is 20.0 Å². The average Bonchev–Trinajstić information content (AvgIpc) is 3.41. The molecule has 0 saturated carbocycles. The van der Waals surface area contributed by atoms with Crippen LogP contribution in [0.3, 0.4) is 0 Å². The maximum atomic E-state index is 13.6. The highest BCUT2D eigenvalue weighted by Gasteiger charge is 2.29. The van der Waals surface area contributed by atoms with Gasteiger partial charge in [-0.05, 0) is 66.3 Å². The molecule has 9 heteroatoms. The van der Waals surface area contributed by atoms with Gasteiger partial charge in [0.25, 0.3) is 0 Å². The minimum atomic E-state index is -3.90. The van der Waals surface area contributed by atoms with Gasteiger partial charge in [-0.2, -0.15) is 8.61 Å². The highest BCUT2D eigenvalue weighted by Crippen LogP contribution is 2.25. The molecule has 4 rings (SSSR count). The summed E-state index contributed by atoms with van der Waals surface area (Å²) in [5, 5.41) is 0. The number of nitrogens with zero attached hydrogens (tertiary/aromatic N) is 3. The summed E-state index contributed by atoms with van der Waals surface area (Å²) in [6, 6.07) is 17.0. The summed E-state index contributed by atoms with van der Waals surface area (Å²) in [5.74, 6) is 0. The van der Waals surface area contributed by atoms with Crippen molar-refractivity contribution in [3.8, 4) is 0 Å². The molecule has 0 amide bonds. The second-order valence-electron chi connectivity index (χ2n) is 8.39. The van der Waals surface area contributed by atoms with Crippen molar-refractivity contribution in [1.29, 1.82) is 0 Å². The molecular formula is C25H29N3O4S2. The number of benzene rings is 2. The van der Waals surface area contributed by atoms with Gasteiger partial charge < -0.3 is 0 Å². The number of sulfonamides is 2. The first-order valence-corrected chi connectivity index (χ1v) is 14.3. The average molecular weight is 500 g/mol. The van der Waals surface area contributed by atoms with Crippen LogP contribution in [0.4, 0.5) is 0 Å². The third-order valence-corrected chi connectivity index (χ3v) is 9.75. The molecule has 34 heavy (non-hydrogen) atoms. The first-order valence-electron chi connectivity index (χ1n) is 11.4. The van der Waals surface area contributed by atoms with Crippen LogP contribution in [0.15, 0.2) is 82.8 Å². The SMILES string of the molecule is CCc1ccc(CN(Cc2cccnc2)S(=O)(=O)c2ccc(S(=O)(=O)N3CCCC3)cc2)cc1. The normalized spacial score (nSPS) is 15.1. The molecule has 0 N–H and O–H groups in total. The molecule has 1 saturated heterocycles. The van der Waals surface area contributed by atoms with Crippen molar-refractivity contribution < 1.29 is 16.8 Å². The predicted molar refractivity (Wildman–Crippen MR) is 131 cm³/mol. The number of pyridine rings is 1. The maximum Gasteiger partial charge on any atom is 0.243 e. The molecule has 1 fully saturated rings. The Hall–Kier alpha value is -2.59. The van der Waals surface area contributed by atoms with E-state index < -0.39 is 20.0 Å². The van der Waals surface area contributed by atoms with Crippen LogP contribution in [0, 0.1) is 0 Å². The minimum Gasteiger partial charge on any atom is -0.264 e. The van der Waals surface area contributed by atoms with Crippen LogP contribution in [-0.2, 0) is 39.6 Å². The molecule has 1 aromatic heterocycles. The van der Waals surface area contributed by atoms with Crippen molar-refractivity contribution in [2.45, 2.75) is 49.1 Å². The highest BCUT2D eigenvalue weighted by molar-refractivity contribution is 7.89. The number of aromatic nitrogens is 1. The Balaban J connectivity index is 1.63. The van der Waals surface area contributed by atoms with E-state index in [0.717, 1.165) is 30.4 Å². The molecule has 0 bridgehead atoms. The summed E-state index contributed by atoms with van der Waals surface area (Å²) in [6.07, 6.45) is 5.88. The van der Waals surface area contributed by atoms with E-state index in [-0.39, 0.29) is 22.9 Å². The molecule has 0 radical (unpaired) electrons. The molecule has 3 aromatic rings. The number of aryl methyl sites for hydroxylation is 1. The van der Waals surface area contributed by atoms with E-state index in [1.807, 2.05) is 30.3 Å². The summed E-state index contributed by atoms with van der Waals surface area (Å²) < 4.78 is 55.7. The Morgan fingerprint density at radius 1 is 0.794 bits per heavy atom. The van der Waals surface area contributed by atoms with Gasteiger partial charge in [0.15, 0.2) is 0 Å². The van der Waals surface area contributed by atoms with E-state index in [1.165, 1.54) is 38.4 Å². The minimum absolute atomic E-state index is 0.0574. The Kier molecular flexibility index (Phi) is 7.47. The van der Waals surface area contributed by atoms with Crippen molar-refractivity contribution in [1.82, 2.24) is 13.6 Å². The van der Waals surface area contributed by atoms with Crippen LogP contribution >= 0.6 is 0 Å². The van der Waals surface area contributed by atoms with Crippen LogP contribution in [0.5, 0.6) is 0 Å². The Labute approximate surface area is 202 Å². The molecule has 180 valence electrons. The number of rotatable bonds is 9. The van der Waals surface area contributed by atoms with Gasteiger partial charge in [0, 0.05) is 38.6 Å². The molecule has 1 aliphatic rings. The van der Waals surface area contributed by atoms with Gasteiger partial charge in [-0.15, -0.1) is 0 Å². The molecule has 0 atom stereocenters. The van der Waals surface area contributed by atoms with Crippen LogP contribution in [0.2, 0.25) is 0 Å². The Morgan fingerprint density at radius 3 is 1.97 bits per heavy atom. The zero-order chi connectivity index (χ0) is 24.2. The zero-order valence-electron chi connectivity index (χ0n) is 19.2. The van der Waals surface area contributed by atoms with Gasteiger partial charge in [0.05, 0.1) is 9.79 Å². The van der Waals surface area contributed by atoms with Crippen molar-refractivity contribution in [2.75, 3.05) is 13.1 Å². The molecule has 0 aliphatic carbocycles. The molecule has 0 unspecified atom stereocenters. The Morgan fingerprint density at radius 2 is 1.38 bits per heavy atom. The van der Waals surface area contributed by atoms with Crippen molar-refractivity contribution in [2.24, 2.45) is 0 Å². The third kappa shape index (κ3) is 5.38. The van der Waals surface area contributed by atoms with Crippen LogP contribution in [-0.4, -0.2) is 43.5 Å². The van der Waals surface area contributed by atoms with E-state index >= 15 is 0 Å². The fourth-order valence-electron chi connectivity index (χ4n) is 4.02. The fourth-order valence-corrected chi connectivity index (χ4v) is 6.95. The summed E-state index contributed by atoms with van der Waals surface area (Å²) in [6.45, 7) is 3.41. The lowest BCUT2D eigenvalue weighted by molar-refractivity contribution is 0.400. The fraction of sp³-hybridized carbons (Fsp3) is 0.320. The smallest absolute Gasteiger partial charge is 0.243 e. The first-order chi connectivity index (χ1) is 16.3. The summed E-state index contributed by atoms with van der Waals surface area (Å²) in [7, 11) is -7.51.